The first-order valence-electron chi connectivity index (χ1n) is 21.2. The standard InChI is InChI=1S/C27H35N3O4.C22H29N3O2/c1-9-18-13-21-20-10-11-28-17(4)24(20)25(31)30(8)22(21)14-23(18)33-15-19(12-16(2)3)29-26(32)34-27(5,6)7;1-6-15-10-18-17-7-8-24-14(4)21(17)22(26)25(5)19(18)11-20(15)27-12-16(23)9-13(2)3/h9-11,13-14,16,19H,1,12,15H2,2-8H3,(H,29,32);7-8,10-11,13,16H,6,9,12,23H2,1-5H3/t19-;16-/m00/s1. The third-order valence-corrected chi connectivity index (χ3v) is 10.7. The van der Waals surface area contributed by atoms with Gasteiger partial charge in [-0.3, -0.25) is 19.6 Å². The number of pyridine rings is 4. The third-order valence-electron chi connectivity index (χ3n) is 10.7. The second-order valence-corrected chi connectivity index (χ2v) is 17.8. The van der Waals surface area contributed by atoms with Gasteiger partial charge in [0.15, 0.2) is 0 Å². The Morgan fingerprint density at radius 2 is 1.31 bits per heavy atom. The maximum atomic E-state index is 13.1. The summed E-state index contributed by atoms with van der Waals surface area (Å²) >= 11 is 0. The minimum absolute atomic E-state index is 0.000417. The summed E-state index contributed by atoms with van der Waals surface area (Å²) in [7, 11) is 3.55. The van der Waals surface area contributed by atoms with E-state index in [1.165, 1.54) is 0 Å². The lowest BCUT2D eigenvalue weighted by Gasteiger charge is -2.25. The molecular weight excluding hydrogens is 769 g/mol. The molecule has 0 unspecified atom stereocenters. The highest BCUT2D eigenvalue weighted by atomic mass is 16.6. The van der Waals surface area contributed by atoms with E-state index >= 15 is 0 Å². The highest BCUT2D eigenvalue weighted by molar-refractivity contribution is 6.08. The number of fused-ring (bicyclic) bond motifs is 6. The molecule has 1 amide bonds. The number of aryl methyl sites for hydroxylation is 5. The Balaban J connectivity index is 0.000000237. The van der Waals surface area contributed by atoms with Crippen molar-refractivity contribution in [3.8, 4) is 11.5 Å². The van der Waals surface area contributed by atoms with Crippen LogP contribution in [0.1, 0.15) is 90.7 Å². The lowest BCUT2D eigenvalue weighted by Crippen LogP contribution is -2.42. The Morgan fingerprint density at radius 3 is 1.80 bits per heavy atom. The van der Waals surface area contributed by atoms with Crippen molar-refractivity contribution in [2.75, 3.05) is 13.2 Å². The van der Waals surface area contributed by atoms with Crippen LogP contribution in [0.2, 0.25) is 0 Å². The SMILES string of the molecule is C=Cc1cc2c3ccnc(C)c3c(=O)n(C)c2cc1OC[C@H](CC(C)C)NC(=O)OC(C)(C)C.CCc1cc2c3ccnc(C)c3c(=O)n(C)c2cc1OC[C@@H](N)CC(C)C. The summed E-state index contributed by atoms with van der Waals surface area (Å²) in [6.07, 6.45) is 7.24. The minimum atomic E-state index is -0.580. The van der Waals surface area contributed by atoms with Gasteiger partial charge in [0.2, 0.25) is 0 Å². The number of hydrogen-bond acceptors (Lipinski definition) is 9. The van der Waals surface area contributed by atoms with Gasteiger partial charge in [0.25, 0.3) is 11.1 Å². The Hall–Kier alpha value is -5.75. The number of nitrogens with two attached hydrogens (primary N) is 1. The number of nitrogens with one attached hydrogen (secondary N) is 1. The van der Waals surface area contributed by atoms with Crippen molar-refractivity contribution in [2.45, 2.75) is 106 Å². The molecule has 6 rings (SSSR count). The van der Waals surface area contributed by atoms with E-state index in [0.29, 0.717) is 40.7 Å². The number of rotatable bonds is 13. The van der Waals surface area contributed by atoms with Crippen LogP contribution in [-0.4, -0.2) is 56.1 Å². The number of benzene rings is 2. The van der Waals surface area contributed by atoms with Crippen molar-refractivity contribution in [3.63, 3.8) is 0 Å². The molecule has 0 aliphatic heterocycles. The summed E-state index contributed by atoms with van der Waals surface area (Å²) in [5.41, 5.74) is 10.5. The smallest absolute Gasteiger partial charge is 0.407 e. The van der Waals surface area contributed by atoms with Crippen molar-refractivity contribution in [1.29, 1.82) is 0 Å². The molecule has 326 valence electrons. The predicted octanol–water partition coefficient (Wildman–Crippen LogP) is 9.07. The Bertz CT molecular complexity index is 2690. The van der Waals surface area contributed by atoms with Crippen LogP contribution in [0.5, 0.6) is 11.5 Å². The molecule has 61 heavy (non-hydrogen) atoms. The van der Waals surface area contributed by atoms with Gasteiger partial charge in [-0.25, -0.2) is 4.79 Å². The second kappa shape index (κ2) is 19.3. The molecule has 4 heterocycles. The van der Waals surface area contributed by atoms with Gasteiger partial charge in [0.1, 0.15) is 30.3 Å². The fourth-order valence-electron chi connectivity index (χ4n) is 7.83. The van der Waals surface area contributed by atoms with E-state index in [9.17, 15) is 14.4 Å². The lowest BCUT2D eigenvalue weighted by atomic mass is 10.0. The topological polar surface area (TPSA) is 153 Å². The number of carbonyl (C=O) groups is 1. The van der Waals surface area contributed by atoms with Crippen molar-refractivity contribution in [1.82, 2.24) is 24.4 Å². The highest BCUT2D eigenvalue weighted by Gasteiger charge is 2.22. The van der Waals surface area contributed by atoms with Gasteiger partial charge in [0, 0.05) is 61.0 Å². The number of ether oxygens (including phenoxy) is 3. The first-order chi connectivity index (χ1) is 28.7. The molecule has 0 saturated heterocycles. The van der Waals surface area contributed by atoms with E-state index < -0.39 is 11.7 Å². The molecule has 6 aromatic rings. The number of hydrogen-bond donors (Lipinski definition) is 2. The van der Waals surface area contributed by atoms with Gasteiger partial charge < -0.3 is 34.4 Å². The molecule has 0 radical (unpaired) electrons. The Labute approximate surface area is 359 Å². The van der Waals surface area contributed by atoms with Gasteiger partial charge >= 0.3 is 6.09 Å². The first kappa shape index (κ1) is 46.3. The minimum Gasteiger partial charge on any atom is -0.492 e. The van der Waals surface area contributed by atoms with Crippen LogP contribution >= 0.6 is 0 Å². The van der Waals surface area contributed by atoms with E-state index in [0.717, 1.165) is 74.4 Å². The molecule has 2 atom stereocenters. The van der Waals surface area contributed by atoms with Crippen molar-refractivity contribution in [2.24, 2.45) is 31.7 Å². The van der Waals surface area contributed by atoms with Crippen LogP contribution in [0.25, 0.3) is 49.4 Å². The van der Waals surface area contributed by atoms with Gasteiger partial charge in [0.05, 0.1) is 39.2 Å². The first-order valence-corrected chi connectivity index (χ1v) is 21.2. The molecule has 12 nitrogen and oxygen atoms in total. The fraction of sp³-hybridized carbons (Fsp3) is 0.449. The van der Waals surface area contributed by atoms with E-state index in [2.05, 4.69) is 62.5 Å². The van der Waals surface area contributed by atoms with Crippen LogP contribution in [0.15, 0.2) is 65.0 Å². The molecule has 2 aromatic carbocycles. The Kier molecular flexibility index (Phi) is 14.7. The molecule has 0 fully saturated rings. The summed E-state index contributed by atoms with van der Waals surface area (Å²) in [6.45, 7) is 24.5. The molecule has 0 spiro atoms. The van der Waals surface area contributed by atoms with E-state index in [1.54, 1.807) is 41.7 Å². The van der Waals surface area contributed by atoms with Gasteiger partial charge in [-0.2, -0.15) is 0 Å². The largest absolute Gasteiger partial charge is 0.492 e. The summed E-state index contributed by atoms with van der Waals surface area (Å²) in [5.74, 6) is 2.30. The molecule has 12 heteroatoms. The monoisotopic (exact) mass is 832 g/mol. The van der Waals surface area contributed by atoms with Gasteiger partial charge in [-0.15, -0.1) is 0 Å². The lowest BCUT2D eigenvalue weighted by molar-refractivity contribution is 0.0480. The average Bonchev–Trinajstić information content (AvgIpc) is 3.18. The zero-order valence-electron chi connectivity index (χ0n) is 38.1. The Morgan fingerprint density at radius 1 is 0.803 bits per heavy atom. The maximum Gasteiger partial charge on any atom is 0.407 e. The van der Waals surface area contributed by atoms with Crippen LogP contribution in [0, 0.1) is 25.7 Å². The van der Waals surface area contributed by atoms with Crippen LogP contribution < -0.4 is 31.6 Å². The van der Waals surface area contributed by atoms with Crippen LogP contribution in [0.3, 0.4) is 0 Å². The van der Waals surface area contributed by atoms with Crippen LogP contribution in [0.4, 0.5) is 4.79 Å². The summed E-state index contributed by atoms with van der Waals surface area (Å²) in [5, 5.41) is 7.99. The van der Waals surface area contributed by atoms with Gasteiger partial charge in [-0.05, 0) is 106 Å². The predicted molar refractivity (Wildman–Crippen MR) is 249 cm³/mol. The molecule has 3 N–H and O–H groups in total. The van der Waals surface area contributed by atoms with Crippen molar-refractivity contribution in [3.05, 3.63) is 98.6 Å². The summed E-state index contributed by atoms with van der Waals surface area (Å²) < 4.78 is 21.0. The third kappa shape index (κ3) is 10.8. The number of nitrogens with zero attached hydrogens (tertiary/aromatic N) is 4. The summed E-state index contributed by atoms with van der Waals surface area (Å²) in [4.78, 5) is 46.9. The number of amides is 1. The van der Waals surface area contributed by atoms with E-state index in [4.69, 9.17) is 19.9 Å². The van der Waals surface area contributed by atoms with Crippen molar-refractivity contribution >= 4 is 55.5 Å². The average molecular weight is 833 g/mol. The fourth-order valence-corrected chi connectivity index (χ4v) is 7.83. The van der Waals surface area contributed by atoms with Gasteiger partial charge in [-0.1, -0.05) is 47.3 Å². The molecule has 4 aromatic heterocycles. The second-order valence-electron chi connectivity index (χ2n) is 17.8. The number of aromatic nitrogens is 4. The van der Waals surface area contributed by atoms with E-state index in [1.807, 2.05) is 65.0 Å². The zero-order chi connectivity index (χ0) is 44.9. The molecule has 0 bridgehead atoms. The molecule has 0 aliphatic rings. The maximum absolute atomic E-state index is 13.1. The molecular formula is C49H64N6O6. The number of alkyl carbamates (subject to hydrolysis) is 1. The zero-order valence-corrected chi connectivity index (χ0v) is 38.1. The molecule has 0 saturated carbocycles. The van der Waals surface area contributed by atoms with Crippen LogP contribution in [-0.2, 0) is 25.3 Å². The summed E-state index contributed by atoms with van der Waals surface area (Å²) in [6, 6.07) is 11.5. The number of carbonyl (C=O) groups excluding carboxylic acids is 1. The quantitative estimate of drug-likeness (QED) is 0.109. The highest BCUT2D eigenvalue weighted by Crippen LogP contribution is 2.33. The van der Waals surface area contributed by atoms with Crippen molar-refractivity contribution < 1.29 is 19.0 Å². The molecule has 0 aliphatic carbocycles. The normalized spacial score (nSPS) is 12.8. The van der Waals surface area contributed by atoms with E-state index in [-0.39, 0.29) is 29.8 Å².